The number of aromatic nitrogens is 1. The standard InChI is InChI=1S/C10H9NO3/c1-6-8(12)7-4-3-5-11(7)10(13)9(6)14-2/h3-5H,1-2H3. The number of allylic oxidation sites excluding steroid dienone is 2. The molecule has 14 heavy (non-hydrogen) atoms. The molecule has 2 rings (SSSR count). The van der Waals surface area contributed by atoms with Gasteiger partial charge in [0.1, 0.15) is 0 Å². The van der Waals surface area contributed by atoms with Crippen LogP contribution in [0.15, 0.2) is 29.7 Å². The van der Waals surface area contributed by atoms with Gasteiger partial charge in [-0.15, -0.1) is 0 Å². The van der Waals surface area contributed by atoms with Crippen LogP contribution in [0.5, 0.6) is 0 Å². The molecule has 0 atom stereocenters. The minimum Gasteiger partial charge on any atom is -0.491 e. The smallest absolute Gasteiger partial charge is 0.297 e. The molecule has 2 heterocycles. The van der Waals surface area contributed by atoms with Gasteiger partial charge >= 0.3 is 0 Å². The van der Waals surface area contributed by atoms with Gasteiger partial charge in [-0.2, -0.15) is 0 Å². The third-order valence-electron chi connectivity index (χ3n) is 2.28. The van der Waals surface area contributed by atoms with Crippen molar-refractivity contribution in [3.05, 3.63) is 35.4 Å². The monoisotopic (exact) mass is 191 g/mol. The third-order valence-corrected chi connectivity index (χ3v) is 2.28. The Morgan fingerprint density at radius 2 is 2.07 bits per heavy atom. The molecule has 0 aromatic carbocycles. The number of rotatable bonds is 1. The lowest BCUT2D eigenvalue weighted by Crippen LogP contribution is -2.27. The van der Waals surface area contributed by atoms with Crippen molar-refractivity contribution in [1.29, 1.82) is 0 Å². The Morgan fingerprint density at radius 1 is 1.36 bits per heavy atom. The van der Waals surface area contributed by atoms with Crippen LogP contribution in [0, 0.1) is 0 Å². The van der Waals surface area contributed by atoms with Crippen LogP contribution >= 0.6 is 0 Å². The number of ketones is 1. The van der Waals surface area contributed by atoms with Crippen molar-refractivity contribution in [3.63, 3.8) is 0 Å². The summed E-state index contributed by atoms with van der Waals surface area (Å²) in [6.45, 7) is 1.59. The molecule has 1 aromatic rings. The van der Waals surface area contributed by atoms with E-state index in [0.717, 1.165) is 0 Å². The van der Waals surface area contributed by atoms with E-state index < -0.39 is 0 Å². The van der Waals surface area contributed by atoms with E-state index in [-0.39, 0.29) is 17.4 Å². The van der Waals surface area contributed by atoms with Crippen molar-refractivity contribution >= 4 is 11.7 Å². The fourth-order valence-corrected chi connectivity index (χ4v) is 1.55. The summed E-state index contributed by atoms with van der Waals surface area (Å²) in [6.07, 6.45) is 1.56. The van der Waals surface area contributed by atoms with Crippen LogP contribution in [0.2, 0.25) is 0 Å². The average molecular weight is 191 g/mol. The van der Waals surface area contributed by atoms with Crippen molar-refractivity contribution in [2.24, 2.45) is 0 Å². The van der Waals surface area contributed by atoms with Gasteiger partial charge in [-0.3, -0.25) is 14.2 Å². The molecule has 0 fully saturated rings. The fraction of sp³-hybridized carbons (Fsp3) is 0.200. The van der Waals surface area contributed by atoms with Crippen molar-refractivity contribution in [2.75, 3.05) is 7.11 Å². The number of hydrogen-bond acceptors (Lipinski definition) is 3. The first-order valence-electron chi connectivity index (χ1n) is 4.18. The number of hydrogen-bond donors (Lipinski definition) is 0. The van der Waals surface area contributed by atoms with Gasteiger partial charge in [0.25, 0.3) is 5.91 Å². The van der Waals surface area contributed by atoms with E-state index in [9.17, 15) is 9.59 Å². The summed E-state index contributed by atoms with van der Waals surface area (Å²) in [6, 6.07) is 3.28. The van der Waals surface area contributed by atoms with E-state index in [2.05, 4.69) is 0 Å². The predicted molar refractivity (Wildman–Crippen MR) is 49.1 cm³/mol. The quantitative estimate of drug-likeness (QED) is 0.671. The van der Waals surface area contributed by atoms with E-state index in [0.29, 0.717) is 11.3 Å². The van der Waals surface area contributed by atoms with Gasteiger partial charge in [0.05, 0.1) is 12.8 Å². The van der Waals surface area contributed by atoms with Crippen LogP contribution < -0.4 is 0 Å². The number of fused-ring (bicyclic) bond motifs is 1. The highest BCUT2D eigenvalue weighted by Gasteiger charge is 2.29. The zero-order valence-corrected chi connectivity index (χ0v) is 7.90. The topological polar surface area (TPSA) is 48.3 Å². The molecular weight excluding hydrogens is 182 g/mol. The second kappa shape index (κ2) is 2.83. The van der Waals surface area contributed by atoms with Gasteiger partial charge in [0.2, 0.25) is 5.78 Å². The third kappa shape index (κ3) is 0.937. The molecule has 0 radical (unpaired) electrons. The Kier molecular flexibility index (Phi) is 1.77. The second-order valence-electron chi connectivity index (χ2n) is 3.06. The van der Waals surface area contributed by atoms with Crippen LogP contribution in [0.3, 0.4) is 0 Å². The molecule has 1 aliphatic heterocycles. The van der Waals surface area contributed by atoms with Gasteiger partial charge < -0.3 is 4.74 Å². The Bertz CT molecular complexity index is 454. The number of Topliss-reactive ketones (excluding diaryl/α,β-unsaturated/α-hetero) is 1. The minimum absolute atomic E-state index is 0.124. The van der Waals surface area contributed by atoms with Crippen LogP contribution in [-0.2, 0) is 4.74 Å². The maximum atomic E-state index is 11.7. The first-order valence-corrected chi connectivity index (χ1v) is 4.18. The number of ether oxygens (including phenoxy) is 1. The molecule has 0 spiro atoms. The predicted octanol–water partition coefficient (Wildman–Crippen LogP) is 1.25. The van der Waals surface area contributed by atoms with Crippen molar-refractivity contribution in [1.82, 2.24) is 4.57 Å². The number of methoxy groups -OCH3 is 1. The normalized spacial score (nSPS) is 15.9. The Morgan fingerprint density at radius 3 is 2.71 bits per heavy atom. The highest BCUT2D eigenvalue weighted by Crippen LogP contribution is 2.21. The van der Waals surface area contributed by atoms with Crippen molar-refractivity contribution in [3.8, 4) is 0 Å². The molecule has 0 N–H and O–H groups in total. The molecule has 0 amide bonds. The van der Waals surface area contributed by atoms with Crippen LogP contribution in [-0.4, -0.2) is 23.4 Å². The number of nitrogens with zero attached hydrogens (tertiary/aromatic N) is 1. The molecule has 0 aliphatic carbocycles. The average Bonchev–Trinajstić information content (AvgIpc) is 2.64. The number of carbonyl (C=O) groups excluding carboxylic acids is 2. The van der Waals surface area contributed by atoms with Gasteiger partial charge in [0, 0.05) is 11.8 Å². The summed E-state index contributed by atoms with van der Waals surface area (Å²) in [4.78, 5) is 23.4. The largest absolute Gasteiger partial charge is 0.491 e. The highest BCUT2D eigenvalue weighted by molar-refractivity contribution is 6.17. The maximum Gasteiger partial charge on any atom is 0.297 e. The first kappa shape index (κ1) is 8.74. The SMILES string of the molecule is COC1=C(C)C(=O)c2cccn2C1=O. The summed E-state index contributed by atoms with van der Waals surface area (Å²) in [5.41, 5.74) is 0.761. The molecule has 4 nitrogen and oxygen atoms in total. The molecule has 1 aliphatic rings. The van der Waals surface area contributed by atoms with Crippen LogP contribution in [0.4, 0.5) is 0 Å². The zero-order valence-electron chi connectivity index (χ0n) is 7.90. The molecule has 72 valence electrons. The minimum atomic E-state index is -0.287. The second-order valence-corrected chi connectivity index (χ2v) is 3.06. The summed E-state index contributed by atoms with van der Waals surface area (Å²) < 4.78 is 6.20. The molecule has 0 unspecified atom stereocenters. The van der Waals surface area contributed by atoms with Crippen LogP contribution in [0.25, 0.3) is 0 Å². The van der Waals surface area contributed by atoms with Crippen molar-refractivity contribution in [2.45, 2.75) is 6.92 Å². The maximum absolute atomic E-state index is 11.7. The Hall–Kier alpha value is -1.84. The molecule has 4 heteroatoms. The summed E-state index contributed by atoms with van der Waals surface area (Å²) in [5.74, 6) is -0.324. The molecule has 0 saturated heterocycles. The first-order chi connectivity index (χ1) is 6.66. The summed E-state index contributed by atoms with van der Waals surface area (Å²) in [7, 11) is 1.39. The fourth-order valence-electron chi connectivity index (χ4n) is 1.55. The van der Waals surface area contributed by atoms with Gasteiger partial charge in [-0.25, -0.2) is 0 Å². The van der Waals surface area contributed by atoms with E-state index in [4.69, 9.17) is 4.74 Å². The summed E-state index contributed by atoms with van der Waals surface area (Å²) in [5, 5.41) is 0. The van der Waals surface area contributed by atoms with Crippen LogP contribution in [0.1, 0.15) is 22.2 Å². The van der Waals surface area contributed by atoms with Gasteiger partial charge in [0.15, 0.2) is 5.76 Å². The lowest BCUT2D eigenvalue weighted by atomic mass is 10.1. The van der Waals surface area contributed by atoms with Gasteiger partial charge in [-0.1, -0.05) is 0 Å². The summed E-state index contributed by atoms with van der Waals surface area (Å²) >= 11 is 0. The van der Waals surface area contributed by atoms with Gasteiger partial charge in [-0.05, 0) is 19.1 Å². The van der Waals surface area contributed by atoms with E-state index >= 15 is 0 Å². The Balaban J connectivity index is 2.66. The highest BCUT2D eigenvalue weighted by atomic mass is 16.5. The van der Waals surface area contributed by atoms with E-state index in [1.807, 2.05) is 0 Å². The zero-order chi connectivity index (χ0) is 10.3. The lowest BCUT2D eigenvalue weighted by molar-refractivity contribution is 0.0824. The lowest BCUT2D eigenvalue weighted by Gasteiger charge is -2.16. The molecule has 0 bridgehead atoms. The molecule has 0 saturated carbocycles. The Labute approximate surface area is 80.8 Å². The number of carbonyl (C=O) groups is 2. The molecular formula is C10H9NO3. The van der Waals surface area contributed by atoms with E-state index in [1.165, 1.54) is 11.7 Å². The van der Waals surface area contributed by atoms with E-state index in [1.54, 1.807) is 25.3 Å². The van der Waals surface area contributed by atoms with Crippen molar-refractivity contribution < 1.29 is 14.3 Å². The molecule has 1 aromatic heterocycles.